The molecular formula is C17H27NO2. The molecule has 0 heterocycles. The molecule has 20 heavy (non-hydrogen) atoms. The van der Waals surface area contributed by atoms with Gasteiger partial charge in [-0.25, -0.2) is 0 Å². The maximum atomic E-state index is 5.50. The molecule has 0 radical (unpaired) electrons. The van der Waals surface area contributed by atoms with Crippen LogP contribution in [0.4, 0.5) is 0 Å². The van der Waals surface area contributed by atoms with E-state index in [0.29, 0.717) is 12.1 Å². The largest absolute Gasteiger partial charge is 0.497 e. The van der Waals surface area contributed by atoms with Gasteiger partial charge in [0.1, 0.15) is 11.5 Å². The number of hydrogen-bond donors (Lipinski definition) is 1. The lowest BCUT2D eigenvalue weighted by Gasteiger charge is -2.30. The summed E-state index contributed by atoms with van der Waals surface area (Å²) in [6.07, 6.45) is 5.24. The Labute approximate surface area is 122 Å². The first-order valence-corrected chi connectivity index (χ1v) is 7.62. The molecule has 1 aromatic carbocycles. The normalized spacial score (nSPS) is 24.2. The lowest BCUT2D eigenvalue weighted by Crippen LogP contribution is -2.34. The molecule has 1 fully saturated rings. The molecule has 0 aromatic heterocycles. The summed E-state index contributed by atoms with van der Waals surface area (Å²) in [7, 11) is 3.40. The number of benzene rings is 1. The fourth-order valence-electron chi connectivity index (χ4n) is 3.05. The molecule has 1 aliphatic carbocycles. The Bertz CT molecular complexity index is 425. The second-order valence-electron chi connectivity index (χ2n) is 5.95. The smallest absolute Gasteiger partial charge is 0.127 e. The molecule has 0 saturated heterocycles. The third-order valence-electron chi connectivity index (χ3n) is 4.41. The molecule has 1 aliphatic rings. The summed E-state index contributed by atoms with van der Waals surface area (Å²) >= 11 is 0. The van der Waals surface area contributed by atoms with Crippen molar-refractivity contribution >= 4 is 0 Å². The van der Waals surface area contributed by atoms with Gasteiger partial charge in [-0.15, -0.1) is 0 Å². The van der Waals surface area contributed by atoms with Crippen LogP contribution in [0.1, 0.15) is 51.1 Å². The average molecular weight is 277 g/mol. The molecule has 112 valence electrons. The minimum Gasteiger partial charge on any atom is -0.497 e. The van der Waals surface area contributed by atoms with Crippen LogP contribution in [0, 0.1) is 5.92 Å². The third kappa shape index (κ3) is 3.66. The van der Waals surface area contributed by atoms with E-state index < -0.39 is 0 Å². The van der Waals surface area contributed by atoms with E-state index in [1.54, 1.807) is 14.2 Å². The quantitative estimate of drug-likeness (QED) is 0.884. The Kier molecular flexibility index (Phi) is 5.30. The van der Waals surface area contributed by atoms with Gasteiger partial charge < -0.3 is 14.8 Å². The van der Waals surface area contributed by atoms with Crippen LogP contribution in [0.5, 0.6) is 11.5 Å². The van der Waals surface area contributed by atoms with E-state index in [-0.39, 0.29) is 0 Å². The fraction of sp³-hybridized carbons (Fsp3) is 0.647. The SMILES string of the molecule is COc1ccc([C@@H](C)NC2CCC(C)CC2)c(OC)c1. The molecule has 2 rings (SSSR count). The molecular weight excluding hydrogens is 250 g/mol. The van der Waals surface area contributed by atoms with Crippen molar-refractivity contribution in [2.75, 3.05) is 14.2 Å². The van der Waals surface area contributed by atoms with Crippen LogP contribution in [0.25, 0.3) is 0 Å². The summed E-state index contributed by atoms with van der Waals surface area (Å²) in [4.78, 5) is 0. The highest BCUT2D eigenvalue weighted by Crippen LogP contribution is 2.31. The number of ether oxygens (including phenoxy) is 2. The maximum Gasteiger partial charge on any atom is 0.127 e. The van der Waals surface area contributed by atoms with Crippen LogP contribution in [0.3, 0.4) is 0 Å². The highest BCUT2D eigenvalue weighted by Gasteiger charge is 2.21. The zero-order valence-corrected chi connectivity index (χ0v) is 13.1. The molecule has 3 heteroatoms. The summed E-state index contributed by atoms with van der Waals surface area (Å²) in [5.74, 6) is 2.62. The van der Waals surface area contributed by atoms with Gasteiger partial charge in [-0.1, -0.05) is 13.0 Å². The molecule has 1 aromatic rings. The van der Waals surface area contributed by atoms with E-state index in [1.165, 1.54) is 31.2 Å². The first-order valence-electron chi connectivity index (χ1n) is 7.62. The van der Waals surface area contributed by atoms with E-state index >= 15 is 0 Å². The van der Waals surface area contributed by atoms with Gasteiger partial charge >= 0.3 is 0 Å². The van der Waals surface area contributed by atoms with Gasteiger partial charge in [0.25, 0.3) is 0 Å². The van der Waals surface area contributed by atoms with Gasteiger partial charge in [0.2, 0.25) is 0 Å². The van der Waals surface area contributed by atoms with Crippen LogP contribution < -0.4 is 14.8 Å². The highest BCUT2D eigenvalue weighted by atomic mass is 16.5. The Morgan fingerprint density at radius 3 is 2.40 bits per heavy atom. The molecule has 0 aliphatic heterocycles. The molecule has 1 saturated carbocycles. The molecule has 1 atom stereocenters. The highest BCUT2D eigenvalue weighted by molar-refractivity contribution is 5.42. The van der Waals surface area contributed by atoms with Crippen LogP contribution >= 0.6 is 0 Å². The van der Waals surface area contributed by atoms with Crippen molar-refractivity contribution in [3.8, 4) is 11.5 Å². The van der Waals surface area contributed by atoms with E-state index in [0.717, 1.165) is 17.4 Å². The number of nitrogens with one attached hydrogen (secondary N) is 1. The van der Waals surface area contributed by atoms with Gasteiger partial charge in [-0.3, -0.25) is 0 Å². The Balaban J connectivity index is 2.03. The van der Waals surface area contributed by atoms with Gasteiger partial charge in [0.05, 0.1) is 14.2 Å². The topological polar surface area (TPSA) is 30.5 Å². The van der Waals surface area contributed by atoms with Gasteiger partial charge in [-0.05, 0) is 44.6 Å². The Morgan fingerprint density at radius 2 is 1.80 bits per heavy atom. The molecule has 0 spiro atoms. The zero-order valence-electron chi connectivity index (χ0n) is 13.1. The van der Waals surface area contributed by atoms with E-state index in [2.05, 4.69) is 25.2 Å². The van der Waals surface area contributed by atoms with Crippen molar-refractivity contribution in [1.29, 1.82) is 0 Å². The summed E-state index contributed by atoms with van der Waals surface area (Å²) < 4.78 is 10.7. The van der Waals surface area contributed by atoms with Crippen molar-refractivity contribution in [1.82, 2.24) is 5.32 Å². The van der Waals surface area contributed by atoms with Crippen LogP contribution in [0.2, 0.25) is 0 Å². The second kappa shape index (κ2) is 6.98. The summed E-state index contributed by atoms with van der Waals surface area (Å²) in [5, 5.41) is 3.75. The first kappa shape index (κ1) is 15.2. The van der Waals surface area contributed by atoms with Gasteiger partial charge in [-0.2, -0.15) is 0 Å². The minimum atomic E-state index is 0.300. The predicted molar refractivity (Wildman–Crippen MR) is 82.5 cm³/mol. The zero-order chi connectivity index (χ0) is 14.5. The van der Waals surface area contributed by atoms with Crippen molar-refractivity contribution in [2.24, 2.45) is 5.92 Å². The molecule has 3 nitrogen and oxygen atoms in total. The monoisotopic (exact) mass is 277 g/mol. The van der Waals surface area contributed by atoms with Crippen LogP contribution in [-0.4, -0.2) is 20.3 Å². The van der Waals surface area contributed by atoms with Gasteiger partial charge in [0, 0.05) is 23.7 Å². The first-order chi connectivity index (χ1) is 9.63. The maximum absolute atomic E-state index is 5.50. The fourth-order valence-corrected chi connectivity index (χ4v) is 3.05. The number of hydrogen-bond acceptors (Lipinski definition) is 3. The van der Waals surface area contributed by atoms with Crippen molar-refractivity contribution in [2.45, 2.75) is 51.6 Å². The lowest BCUT2D eigenvalue weighted by molar-refractivity contribution is 0.289. The summed E-state index contributed by atoms with van der Waals surface area (Å²) in [6.45, 7) is 4.56. The lowest BCUT2D eigenvalue weighted by atomic mass is 9.87. The Hall–Kier alpha value is -1.22. The van der Waals surface area contributed by atoms with Crippen molar-refractivity contribution < 1.29 is 9.47 Å². The molecule has 0 bridgehead atoms. The van der Waals surface area contributed by atoms with E-state index in [4.69, 9.17) is 9.47 Å². The summed E-state index contributed by atoms with van der Waals surface area (Å²) in [5.41, 5.74) is 1.20. The van der Waals surface area contributed by atoms with Crippen molar-refractivity contribution in [3.05, 3.63) is 23.8 Å². The standard InChI is InChI=1S/C17H27NO2/c1-12-5-7-14(8-6-12)18-13(2)16-10-9-15(19-3)11-17(16)20-4/h9-14,18H,5-8H2,1-4H3/t12?,13-,14?/m1/s1. The van der Waals surface area contributed by atoms with E-state index in [9.17, 15) is 0 Å². The summed E-state index contributed by atoms with van der Waals surface area (Å²) in [6, 6.07) is 6.98. The number of methoxy groups -OCH3 is 2. The third-order valence-corrected chi connectivity index (χ3v) is 4.41. The van der Waals surface area contributed by atoms with Crippen LogP contribution in [0.15, 0.2) is 18.2 Å². The number of rotatable bonds is 5. The predicted octanol–water partition coefficient (Wildman–Crippen LogP) is 3.93. The molecule has 0 unspecified atom stereocenters. The minimum absolute atomic E-state index is 0.300. The second-order valence-corrected chi connectivity index (χ2v) is 5.95. The molecule has 0 amide bonds. The van der Waals surface area contributed by atoms with Crippen LogP contribution in [-0.2, 0) is 0 Å². The molecule has 1 N–H and O–H groups in total. The van der Waals surface area contributed by atoms with E-state index in [1.807, 2.05) is 12.1 Å². The van der Waals surface area contributed by atoms with Gasteiger partial charge in [0.15, 0.2) is 0 Å². The average Bonchev–Trinajstić information content (AvgIpc) is 2.48. The Morgan fingerprint density at radius 1 is 1.10 bits per heavy atom. The van der Waals surface area contributed by atoms with Crippen molar-refractivity contribution in [3.63, 3.8) is 0 Å².